The number of fused-ring (bicyclic) bond motifs is 1. The van der Waals surface area contributed by atoms with Gasteiger partial charge < -0.3 is 0 Å². The van der Waals surface area contributed by atoms with Crippen molar-refractivity contribution < 1.29 is 13.6 Å². The molecule has 0 N–H and O–H groups in total. The smallest absolute Gasteiger partial charge is 0.254 e. The van der Waals surface area contributed by atoms with Gasteiger partial charge in [0.2, 0.25) is 5.91 Å². The molecule has 1 aromatic heterocycles. The van der Waals surface area contributed by atoms with Crippen molar-refractivity contribution >= 4 is 5.91 Å². The van der Waals surface area contributed by atoms with E-state index < -0.39 is 11.8 Å². The first kappa shape index (κ1) is 17.3. The van der Waals surface area contributed by atoms with Gasteiger partial charge in [-0.25, -0.2) is 13.8 Å². The van der Waals surface area contributed by atoms with Crippen LogP contribution < -0.4 is 0 Å². The maximum atomic E-state index is 13.1. The summed E-state index contributed by atoms with van der Waals surface area (Å²) in [5.41, 5.74) is -0.817. The van der Waals surface area contributed by atoms with Crippen molar-refractivity contribution in [3.8, 4) is 6.07 Å². The van der Waals surface area contributed by atoms with Crippen LogP contribution in [0, 0.1) is 16.7 Å². The van der Waals surface area contributed by atoms with Gasteiger partial charge in [0.1, 0.15) is 11.5 Å². The number of nitrogens with zero attached hydrogens (tertiary/aromatic N) is 4. The topological polar surface area (TPSA) is 60.2 Å². The van der Waals surface area contributed by atoms with Crippen LogP contribution in [-0.2, 0) is 4.79 Å². The number of amides is 1. The number of hydrazine groups is 1. The van der Waals surface area contributed by atoms with Gasteiger partial charge in [0, 0.05) is 32.0 Å². The minimum absolute atomic E-state index is 0.206. The molecule has 0 aromatic carbocycles. The fourth-order valence-corrected chi connectivity index (χ4v) is 3.04. The van der Waals surface area contributed by atoms with E-state index in [1.807, 2.05) is 13.0 Å². The van der Waals surface area contributed by atoms with Gasteiger partial charge in [0.15, 0.2) is 0 Å². The third-order valence-corrected chi connectivity index (χ3v) is 4.16. The molecule has 2 saturated heterocycles. The van der Waals surface area contributed by atoms with Gasteiger partial charge in [0.25, 0.3) is 6.43 Å². The summed E-state index contributed by atoms with van der Waals surface area (Å²) in [4.78, 5) is 15.7. The fourth-order valence-electron chi connectivity index (χ4n) is 3.04. The molecule has 7 heteroatoms. The van der Waals surface area contributed by atoms with Crippen molar-refractivity contribution in [2.45, 2.75) is 32.6 Å². The summed E-state index contributed by atoms with van der Waals surface area (Å²) < 4.78 is 26.1. The zero-order valence-electron chi connectivity index (χ0n) is 13.1. The second-order valence-corrected chi connectivity index (χ2v) is 5.73. The molecule has 0 saturated carbocycles. The number of hydrogen-bond acceptors (Lipinski definition) is 4. The van der Waals surface area contributed by atoms with Crippen molar-refractivity contribution in [2.24, 2.45) is 5.41 Å². The number of halogens is 2. The molecule has 0 aliphatic carbocycles. The van der Waals surface area contributed by atoms with Gasteiger partial charge in [0.05, 0.1) is 5.56 Å². The molecule has 1 unspecified atom stereocenters. The Morgan fingerprint density at radius 1 is 1.48 bits per heavy atom. The van der Waals surface area contributed by atoms with Crippen molar-refractivity contribution in [2.75, 3.05) is 19.6 Å². The Labute approximate surface area is 134 Å². The molecule has 2 fully saturated rings. The highest BCUT2D eigenvalue weighted by Gasteiger charge is 2.57. The van der Waals surface area contributed by atoms with E-state index in [9.17, 15) is 13.6 Å². The van der Waals surface area contributed by atoms with Crippen LogP contribution in [0.3, 0.4) is 0 Å². The number of hydrogen-bond donors (Lipinski definition) is 0. The Balaban J connectivity index is 0.000000203. The van der Waals surface area contributed by atoms with Crippen LogP contribution in [0.1, 0.15) is 31.7 Å². The number of pyridine rings is 1. The van der Waals surface area contributed by atoms with Gasteiger partial charge in [-0.3, -0.25) is 14.8 Å². The maximum Gasteiger partial charge on any atom is 0.254 e. The Bertz CT molecular complexity index is 575. The van der Waals surface area contributed by atoms with Crippen LogP contribution in [-0.4, -0.2) is 47.0 Å². The highest BCUT2D eigenvalue weighted by molar-refractivity contribution is 5.85. The molecule has 23 heavy (non-hydrogen) atoms. The highest BCUT2D eigenvalue weighted by atomic mass is 19.3. The monoisotopic (exact) mass is 322 g/mol. The SMILES string of the molecule is CCCC1(C(F)F)CN2CCCN2C1=O.N#Cc1cccnc1. The third-order valence-electron chi connectivity index (χ3n) is 4.16. The Kier molecular flexibility index (Phi) is 5.61. The van der Waals surface area contributed by atoms with Crippen molar-refractivity contribution in [3.05, 3.63) is 30.1 Å². The normalized spacial score (nSPS) is 23.4. The summed E-state index contributed by atoms with van der Waals surface area (Å²) in [6.45, 7) is 3.40. The summed E-state index contributed by atoms with van der Waals surface area (Å²) in [7, 11) is 0. The molecule has 2 aliphatic rings. The average Bonchev–Trinajstić information content (AvgIpc) is 3.12. The Morgan fingerprint density at radius 3 is 2.74 bits per heavy atom. The lowest BCUT2D eigenvalue weighted by Crippen LogP contribution is -2.41. The molecule has 2 aliphatic heterocycles. The van der Waals surface area contributed by atoms with Gasteiger partial charge in [-0.2, -0.15) is 5.26 Å². The van der Waals surface area contributed by atoms with Crippen LogP contribution in [0.2, 0.25) is 0 Å². The number of aromatic nitrogens is 1. The zero-order valence-corrected chi connectivity index (χ0v) is 13.1. The lowest BCUT2D eigenvalue weighted by molar-refractivity contribution is -0.146. The minimum atomic E-state index is -2.55. The molecule has 1 aromatic rings. The summed E-state index contributed by atoms with van der Waals surface area (Å²) in [5, 5.41) is 11.5. The lowest BCUT2D eigenvalue weighted by atomic mass is 9.83. The number of carbonyl (C=O) groups excluding carboxylic acids is 1. The van der Waals surface area contributed by atoms with E-state index in [4.69, 9.17) is 5.26 Å². The first-order valence-electron chi connectivity index (χ1n) is 7.70. The predicted octanol–water partition coefficient (Wildman–Crippen LogP) is 2.45. The molecule has 0 spiro atoms. The van der Waals surface area contributed by atoms with E-state index in [0.717, 1.165) is 13.0 Å². The molecule has 3 rings (SSSR count). The number of alkyl halides is 2. The van der Waals surface area contributed by atoms with Gasteiger partial charge >= 0.3 is 0 Å². The molecule has 1 amide bonds. The van der Waals surface area contributed by atoms with E-state index in [1.54, 1.807) is 23.3 Å². The Morgan fingerprint density at radius 2 is 2.26 bits per heavy atom. The number of nitriles is 1. The fraction of sp³-hybridized carbons (Fsp3) is 0.562. The molecular formula is C16H20F2N4O. The first-order chi connectivity index (χ1) is 11.0. The first-order valence-corrected chi connectivity index (χ1v) is 7.70. The maximum absolute atomic E-state index is 13.1. The van der Waals surface area contributed by atoms with Crippen LogP contribution in [0.15, 0.2) is 24.5 Å². The second kappa shape index (κ2) is 7.47. The van der Waals surface area contributed by atoms with Gasteiger partial charge in [-0.15, -0.1) is 0 Å². The second-order valence-electron chi connectivity index (χ2n) is 5.73. The standard InChI is InChI=1S/C10H16F2N2O.C6H4N2/c1-2-4-10(8(11)12)7-13-5-3-6-14(13)9(10)15;7-4-6-2-1-3-8-5-6/h8H,2-7H2,1H3;1-3,5H. The largest absolute Gasteiger partial charge is 0.275 e. The molecular weight excluding hydrogens is 302 g/mol. The van der Waals surface area contributed by atoms with Crippen molar-refractivity contribution in [3.63, 3.8) is 0 Å². The van der Waals surface area contributed by atoms with E-state index in [-0.39, 0.29) is 18.9 Å². The Hall–Kier alpha value is -2.07. The summed E-state index contributed by atoms with van der Waals surface area (Å²) in [6.07, 6.45) is 2.43. The van der Waals surface area contributed by atoms with E-state index in [1.165, 1.54) is 11.2 Å². The predicted molar refractivity (Wildman–Crippen MR) is 80.2 cm³/mol. The van der Waals surface area contributed by atoms with Crippen molar-refractivity contribution in [1.82, 2.24) is 15.0 Å². The molecule has 0 bridgehead atoms. The lowest BCUT2D eigenvalue weighted by Gasteiger charge is -2.24. The molecule has 124 valence electrons. The van der Waals surface area contributed by atoms with Crippen LogP contribution in [0.5, 0.6) is 0 Å². The zero-order chi connectivity index (χ0) is 16.9. The highest BCUT2D eigenvalue weighted by Crippen LogP contribution is 2.41. The summed E-state index contributed by atoms with van der Waals surface area (Å²) in [5.74, 6) is -0.364. The molecule has 5 nitrogen and oxygen atoms in total. The summed E-state index contributed by atoms with van der Waals surface area (Å²) >= 11 is 0. The van der Waals surface area contributed by atoms with Crippen LogP contribution in [0.25, 0.3) is 0 Å². The van der Waals surface area contributed by atoms with E-state index in [2.05, 4.69) is 4.98 Å². The number of carbonyl (C=O) groups is 1. The minimum Gasteiger partial charge on any atom is -0.275 e. The number of rotatable bonds is 3. The van der Waals surface area contributed by atoms with E-state index in [0.29, 0.717) is 18.5 Å². The van der Waals surface area contributed by atoms with Crippen LogP contribution in [0.4, 0.5) is 8.78 Å². The third kappa shape index (κ3) is 3.48. The summed E-state index contributed by atoms with van der Waals surface area (Å²) in [6, 6.07) is 5.41. The molecule has 1 atom stereocenters. The van der Waals surface area contributed by atoms with Gasteiger partial charge in [-0.05, 0) is 25.0 Å². The molecule has 0 radical (unpaired) electrons. The van der Waals surface area contributed by atoms with Crippen molar-refractivity contribution in [1.29, 1.82) is 5.26 Å². The molecule has 3 heterocycles. The van der Waals surface area contributed by atoms with E-state index >= 15 is 0 Å². The van der Waals surface area contributed by atoms with Gasteiger partial charge in [-0.1, -0.05) is 13.3 Å². The average molecular weight is 322 g/mol. The van der Waals surface area contributed by atoms with Crippen LogP contribution >= 0.6 is 0 Å². The quantitative estimate of drug-likeness (QED) is 0.858.